The van der Waals surface area contributed by atoms with E-state index in [9.17, 15) is 14.7 Å². The maximum Gasteiger partial charge on any atom is 0.329 e. The number of hydrogen-bond donors (Lipinski definition) is 2. The molecule has 2 N–H and O–H groups in total. The molecular formula is C14H19NO3. The molecule has 0 heterocycles. The zero-order chi connectivity index (χ0) is 13.8. The van der Waals surface area contributed by atoms with Gasteiger partial charge in [-0.25, -0.2) is 4.79 Å². The standard InChI is InChI=1S/C14H19NO3/c1-4-14(5-2,13(17)18)15-12(16)11-9-7-6-8-10(11)3/h6-9H,4-5H2,1-3H3,(H,15,16)(H,17,18). The van der Waals surface area contributed by atoms with Gasteiger partial charge in [-0.1, -0.05) is 32.0 Å². The second kappa shape index (κ2) is 5.67. The largest absolute Gasteiger partial charge is 0.480 e. The summed E-state index contributed by atoms with van der Waals surface area (Å²) in [6, 6.07) is 7.14. The number of hydrogen-bond acceptors (Lipinski definition) is 2. The van der Waals surface area contributed by atoms with Gasteiger partial charge in [0.25, 0.3) is 5.91 Å². The van der Waals surface area contributed by atoms with Crippen LogP contribution in [0.2, 0.25) is 0 Å². The summed E-state index contributed by atoms with van der Waals surface area (Å²) < 4.78 is 0. The number of carboxylic acid groups (broad SMARTS) is 1. The SMILES string of the molecule is CCC(CC)(NC(=O)c1ccccc1C)C(=O)O. The van der Waals surface area contributed by atoms with Crippen molar-refractivity contribution < 1.29 is 14.7 Å². The third kappa shape index (κ3) is 2.70. The maximum atomic E-state index is 12.1. The van der Waals surface area contributed by atoms with Crippen molar-refractivity contribution in [2.24, 2.45) is 0 Å². The molecule has 1 rings (SSSR count). The lowest BCUT2D eigenvalue weighted by molar-refractivity contribution is -0.144. The van der Waals surface area contributed by atoms with Gasteiger partial charge in [0, 0.05) is 5.56 Å². The van der Waals surface area contributed by atoms with Crippen molar-refractivity contribution in [2.45, 2.75) is 39.2 Å². The lowest BCUT2D eigenvalue weighted by Crippen LogP contribution is -2.53. The van der Waals surface area contributed by atoms with E-state index in [2.05, 4.69) is 5.32 Å². The number of rotatable bonds is 5. The molecule has 0 spiro atoms. The molecule has 1 amide bonds. The van der Waals surface area contributed by atoms with Gasteiger partial charge in [-0.05, 0) is 31.4 Å². The Kier molecular flexibility index (Phi) is 4.48. The summed E-state index contributed by atoms with van der Waals surface area (Å²) in [4.78, 5) is 23.4. The molecule has 0 aromatic heterocycles. The first kappa shape index (κ1) is 14.2. The summed E-state index contributed by atoms with van der Waals surface area (Å²) in [5, 5.41) is 11.9. The molecule has 1 aromatic carbocycles. The Morgan fingerprint density at radius 3 is 2.22 bits per heavy atom. The Hall–Kier alpha value is -1.84. The van der Waals surface area contributed by atoms with Gasteiger partial charge in [-0.3, -0.25) is 4.79 Å². The van der Waals surface area contributed by atoms with Crippen molar-refractivity contribution in [1.29, 1.82) is 0 Å². The molecule has 0 saturated carbocycles. The van der Waals surface area contributed by atoms with Crippen LogP contribution in [0.5, 0.6) is 0 Å². The van der Waals surface area contributed by atoms with Crippen LogP contribution in [0.15, 0.2) is 24.3 Å². The maximum absolute atomic E-state index is 12.1. The summed E-state index contributed by atoms with van der Waals surface area (Å²) in [7, 11) is 0. The number of carbonyl (C=O) groups is 2. The van der Waals surface area contributed by atoms with E-state index < -0.39 is 11.5 Å². The number of carbonyl (C=O) groups excluding carboxylic acids is 1. The number of aliphatic carboxylic acids is 1. The van der Waals surface area contributed by atoms with Gasteiger partial charge in [0.2, 0.25) is 0 Å². The van der Waals surface area contributed by atoms with Crippen LogP contribution in [-0.2, 0) is 4.79 Å². The first-order valence-electron chi connectivity index (χ1n) is 6.08. The van der Waals surface area contributed by atoms with Crippen LogP contribution in [-0.4, -0.2) is 22.5 Å². The van der Waals surface area contributed by atoms with Gasteiger partial charge in [0.05, 0.1) is 0 Å². The van der Waals surface area contributed by atoms with E-state index >= 15 is 0 Å². The fraction of sp³-hybridized carbons (Fsp3) is 0.429. The molecule has 18 heavy (non-hydrogen) atoms. The van der Waals surface area contributed by atoms with Gasteiger partial charge in [-0.2, -0.15) is 0 Å². The molecule has 0 saturated heterocycles. The predicted molar refractivity (Wildman–Crippen MR) is 69.6 cm³/mol. The van der Waals surface area contributed by atoms with Crippen molar-refractivity contribution in [1.82, 2.24) is 5.32 Å². The average Bonchev–Trinajstić information content (AvgIpc) is 2.36. The Morgan fingerprint density at radius 1 is 1.22 bits per heavy atom. The summed E-state index contributed by atoms with van der Waals surface area (Å²) >= 11 is 0. The topological polar surface area (TPSA) is 66.4 Å². The summed E-state index contributed by atoms with van der Waals surface area (Å²) in [6.45, 7) is 5.35. The van der Waals surface area contributed by atoms with Crippen molar-refractivity contribution in [3.63, 3.8) is 0 Å². The fourth-order valence-corrected chi connectivity index (χ4v) is 1.90. The summed E-state index contributed by atoms with van der Waals surface area (Å²) in [5.41, 5.74) is 0.172. The van der Waals surface area contributed by atoms with Crippen LogP contribution in [0.4, 0.5) is 0 Å². The zero-order valence-corrected chi connectivity index (χ0v) is 11.0. The molecule has 0 aliphatic carbocycles. The van der Waals surface area contributed by atoms with Crippen LogP contribution >= 0.6 is 0 Å². The Labute approximate surface area is 107 Å². The predicted octanol–water partition coefficient (Wildman–Crippen LogP) is 2.37. The second-order valence-corrected chi connectivity index (χ2v) is 4.36. The number of benzene rings is 1. The molecule has 0 radical (unpaired) electrons. The average molecular weight is 249 g/mol. The molecule has 0 bridgehead atoms. The van der Waals surface area contributed by atoms with Crippen LogP contribution in [0.1, 0.15) is 42.6 Å². The minimum Gasteiger partial charge on any atom is -0.480 e. The number of aryl methyl sites for hydroxylation is 1. The van der Waals surface area contributed by atoms with E-state index in [0.29, 0.717) is 18.4 Å². The Morgan fingerprint density at radius 2 is 1.78 bits per heavy atom. The molecule has 4 heteroatoms. The van der Waals surface area contributed by atoms with E-state index in [4.69, 9.17) is 0 Å². The highest BCUT2D eigenvalue weighted by Gasteiger charge is 2.36. The smallest absolute Gasteiger partial charge is 0.329 e. The van der Waals surface area contributed by atoms with Gasteiger partial charge >= 0.3 is 5.97 Å². The minimum atomic E-state index is -1.18. The third-order valence-corrected chi connectivity index (χ3v) is 3.36. The van der Waals surface area contributed by atoms with Crippen molar-refractivity contribution >= 4 is 11.9 Å². The first-order valence-corrected chi connectivity index (χ1v) is 6.08. The van der Waals surface area contributed by atoms with Crippen molar-refractivity contribution in [3.05, 3.63) is 35.4 Å². The molecule has 0 aliphatic heterocycles. The molecule has 0 unspecified atom stereocenters. The molecule has 0 fully saturated rings. The molecule has 0 atom stereocenters. The van der Waals surface area contributed by atoms with E-state index in [1.807, 2.05) is 19.1 Å². The highest BCUT2D eigenvalue weighted by atomic mass is 16.4. The Bertz CT molecular complexity index is 450. The lowest BCUT2D eigenvalue weighted by Gasteiger charge is -2.28. The van der Waals surface area contributed by atoms with Crippen LogP contribution in [0.3, 0.4) is 0 Å². The van der Waals surface area contributed by atoms with E-state index in [0.717, 1.165) is 5.56 Å². The fourth-order valence-electron chi connectivity index (χ4n) is 1.90. The van der Waals surface area contributed by atoms with Gasteiger partial charge < -0.3 is 10.4 Å². The van der Waals surface area contributed by atoms with Crippen LogP contribution in [0.25, 0.3) is 0 Å². The van der Waals surface area contributed by atoms with E-state index in [1.165, 1.54) is 0 Å². The number of nitrogens with one attached hydrogen (secondary N) is 1. The first-order chi connectivity index (χ1) is 8.46. The Balaban J connectivity index is 3.00. The highest BCUT2D eigenvalue weighted by Crippen LogP contribution is 2.17. The molecule has 0 aliphatic rings. The van der Waals surface area contributed by atoms with Crippen molar-refractivity contribution in [3.8, 4) is 0 Å². The van der Waals surface area contributed by atoms with Crippen LogP contribution in [0, 0.1) is 6.92 Å². The van der Waals surface area contributed by atoms with E-state index in [1.54, 1.807) is 26.0 Å². The summed E-state index contributed by atoms with van der Waals surface area (Å²) in [5.74, 6) is -1.33. The second-order valence-electron chi connectivity index (χ2n) is 4.36. The normalized spacial score (nSPS) is 11.1. The molecule has 98 valence electrons. The molecular weight excluding hydrogens is 230 g/mol. The lowest BCUT2D eigenvalue weighted by atomic mass is 9.92. The van der Waals surface area contributed by atoms with Crippen LogP contribution < -0.4 is 5.32 Å². The summed E-state index contributed by atoms with van der Waals surface area (Å²) in [6.07, 6.45) is 0.715. The van der Waals surface area contributed by atoms with E-state index in [-0.39, 0.29) is 5.91 Å². The van der Waals surface area contributed by atoms with Crippen molar-refractivity contribution in [2.75, 3.05) is 0 Å². The quantitative estimate of drug-likeness (QED) is 0.841. The van der Waals surface area contributed by atoms with Gasteiger partial charge in [0.1, 0.15) is 5.54 Å². The zero-order valence-electron chi connectivity index (χ0n) is 11.0. The number of amides is 1. The monoisotopic (exact) mass is 249 g/mol. The molecule has 4 nitrogen and oxygen atoms in total. The van der Waals surface area contributed by atoms with Gasteiger partial charge in [-0.15, -0.1) is 0 Å². The third-order valence-electron chi connectivity index (χ3n) is 3.36. The highest BCUT2D eigenvalue weighted by molar-refractivity contribution is 5.98. The number of carboxylic acids is 1. The molecule has 1 aromatic rings. The minimum absolute atomic E-state index is 0.334. The van der Waals surface area contributed by atoms with Gasteiger partial charge in [0.15, 0.2) is 0 Å².